The third-order valence-corrected chi connectivity index (χ3v) is 5.81. The number of hydrogen-bond acceptors (Lipinski definition) is 4. The molecule has 0 aliphatic carbocycles. The summed E-state index contributed by atoms with van der Waals surface area (Å²) in [7, 11) is 1.41. The number of amides is 1. The zero-order valence-corrected chi connectivity index (χ0v) is 16.4. The Labute approximate surface area is 164 Å². The molecule has 2 aliphatic rings. The number of hydrogen-bond donors (Lipinski definition) is 0. The number of nitrogens with zero attached hydrogens (tertiary/aromatic N) is 3. The van der Waals surface area contributed by atoms with Gasteiger partial charge in [-0.25, -0.2) is 9.37 Å². The quantitative estimate of drug-likeness (QED) is 0.808. The number of aryl methyl sites for hydroxylation is 1. The molecule has 1 aromatic carbocycles. The first-order valence-corrected chi connectivity index (χ1v) is 9.82. The number of halogens is 1. The van der Waals surface area contributed by atoms with Crippen molar-refractivity contribution >= 4 is 5.91 Å². The van der Waals surface area contributed by atoms with Crippen LogP contribution in [0.3, 0.4) is 0 Å². The average molecular weight is 387 g/mol. The lowest BCUT2D eigenvalue weighted by Gasteiger charge is -2.26. The lowest BCUT2D eigenvalue weighted by atomic mass is 9.99. The molecule has 4 rings (SSSR count). The largest absolute Gasteiger partial charge is 0.494 e. The van der Waals surface area contributed by atoms with Gasteiger partial charge in [-0.15, -0.1) is 0 Å². The molecule has 28 heavy (non-hydrogen) atoms. The van der Waals surface area contributed by atoms with Gasteiger partial charge in [0, 0.05) is 49.7 Å². The monoisotopic (exact) mass is 387 g/mol. The highest BCUT2D eigenvalue weighted by Gasteiger charge is 2.32. The smallest absolute Gasteiger partial charge is 0.254 e. The number of carbonyl (C=O) groups is 1. The van der Waals surface area contributed by atoms with E-state index in [4.69, 9.17) is 9.47 Å². The first kappa shape index (κ1) is 18.9. The summed E-state index contributed by atoms with van der Waals surface area (Å²) < 4.78 is 26.7. The third kappa shape index (κ3) is 3.51. The summed E-state index contributed by atoms with van der Waals surface area (Å²) >= 11 is 0. The van der Waals surface area contributed by atoms with E-state index in [1.165, 1.54) is 19.2 Å². The third-order valence-electron chi connectivity index (χ3n) is 5.81. The molecule has 0 spiro atoms. The Hall–Kier alpha value is -2.41. The van der Waals surface area contributed by atoms with E-state index < -0.39 is 5.82 Å². The van der Waals surface area contributed by atoms with Crippen LogP contribution in [0.2, 0.25) is 0 Å². The summed E-state index contributed by atoms with van der Waals surface area (Å²) in [4.78, 5) is 19.4. The van der Waals surface area contributed by atoms with Crippen molar-refractivity contribution in [3.8, 4) is 5.75 Å². The van der Waals surface area contributed by atoms with Crippen LogP contribution < -0.4 is 4.74 Å². The van der Waals surface area contributed by atoms with Crippen molar-refractivity contribution in [2.75, 3.05) is 33.4 Å². The Morgan fingerprint density at radius 3 is 2.79 bits per heavy atom. The molecule has 3 heterocycles. The van der Waals surface area contributed by atoms with Gasteiger partial charge in [0.2, 0.25) is 0 Å². The van der Waals surface area contributed by atoms with Crippen molar-refractivity contribution in [3.05, 3.63) is 47.3 Å². The van der Waals surface area contributed by atoms with E-state index in [2.05, 4.69) is 16.5 Å². The van der Waals surface area contributed by atoms with Crippen molar-refractivity contribution in [1.82, 2.24) is 14.5 Å². The summed E-state index contributed by atoms with van der Waals surface area (Å²) in [5.41, 5.74) is 1.47. The van der Waals surface area contributed by atoms with E-state index >= 15 is 0 Å². The molecule has 0 radical (unpaired) electrons. The number of imidazole rings is 1. The van der Waals surface area contributed by atoms with E-state index in [0.29, 0.717) is 24.6 Å². The molecule has 0 saturated carbocycles. The van der Waals surface area contributed by atoms with Crippen LogP contribution in [-0.2, 0) is 4.74 Å². The average Bonchev–Trinajstić information content (AvgIpc) is 3.34. The summed E-state index contributed by atoms with van der Waals surface area (Å²) in [6.45, 7) is 4.88. The molecule has 2 fully saturated rings. The molecule has 150 valence electrons. The van der Waals surface area contributed by atoms with Gasteiger partial charge in [-0.3, -0.25) is 4.79 Å². The Morgan fingerprint density at radius 2 is 2.07 bits per heavy atom. The van der Waals surface area contributed by atoms with Gasteiger partial charge in [0.05, 0.1) is 13.2 Å². The Kier molecular flexibility index (Phi) is 5.35. The zero-order valence-electron chi connectivity index (χ0n) is 16.4. The van der Waals surface area contributed by atoms with Gasteiger partial charge in [0.25, 0.3) is 5.91 Å². The summed E-state index contributed by atoms with van der Waals surface area (Å²) in [6.07, 6.45) is 4.76. The van der Waals surface area contributed by atoms with Crippen LogP contribution in [0.5, 0.6) is 5.75 Å². The second kappa shape index (κ2) is 7.91. The first-order chi connectivity index (χ1) is 13.6. The number of ether oxygens (including phenoxy) is 2. The van der Waals surface area contributed by atoms with Crippen molar-refractivity contribution in [2.24, 2.45) is 0 Å². The molecule has 0 bridgehead atoms. The maximum absolute atomic E-state index is 14.0. The molecule has 2 saturated heterocycles. The molecular weight excluding hydrogens is 361 g/mol. The van der Waals surface area contributed by atoms with Crippen LogP contribution in [0.1, 0.15) is 53.1 Å². The van der Waals surface area contributed by atoms with E-state index in [-0.39, 0.29) is 17.7 Å². The fourth-order valence-corrected chi connectivity index (χ4v) is 4.32. The van der Waals surface area contributed by atoms with Crippen LogP contribution in [0.4, 0.5) is 4.39 Å². The minimum Gasteiger partial charge on any atom is -0.494 e. The van der Waals surface area contributed by atoms with E-state index in [9.17, 15) is 9.18 Å². The standard InChI is InChI=1S/C21H26FN3O3/c1-14-12-23-20(15-6-9-28-10-7-15)25(14)17-5-8-24(13-17)21(26)16-3-4-19(27-2)18(22)11-16/h3-4,11-12,15,17H,5-10,13H2,1-2H3. The van der Waals surface area contributed by atoms with Gasteiger partial charge in [-0.05, 0) is 44.4 Å². The van der Waals surface area contributed by atoms with E-state index in [0.717, 1.165) is 44.0 Å². The molecule has 7 heteroatoms. The number of methoxy groups -OCH3 is 1. The number of rotatable bonds is 4. The van der Waals surface area contributed by atoms with Gasteiger partial charge in [-0.1, -0.05) is 0 Å². The predicted molar refractivity (Wildman–Crippen MR) is 102 cm³/mol. The predicted octanol–water partition coefficient (Wildman–Crippen LogP) is 3.32. The van der Waals surface area contributed by atoms with Crippen LogP contribution in [-0.4, -0.2) is 53.8 Å². The molecule has 1 atom stereocenters. The second-order valence-corrected chi connectivity index (χ2v) is 7.56. The number of likely N-dealkylation sites (tertiary alicyclic amines) is 1. The zero-order chi connectivity index (χ0) is 19.7. The van der Waals surface area contributed by atoms with Crippen molar-refractivity contribution in [3.63, 3.8) is 0 Å². The molecule has 1 unspecified atom stereocenters. The van der Waals surface area contributed by atoms with Gasteiger partial charge in [0.15, 0.2) is 11.6 Å². The van der Waals surface area contributed by atoms with Crippen LogP contribution in [0.25, 0.3) is 0 Å². The van der Waals surface area contributed by atoms with Crippen LogP contribution in [0, 0.1) is 12.7 Å². The second-order valence-electron chi connectivity index (χ2n) is 7.56. The van der Waals surface area contributed by atoms with Crippen LogP contribution in [0.15, 0.2) is 24.4 Å². The van der Waals surface area contributed by atoms with Gasteiger partial charge < -0.3 is 18.9 Å². The summed E-state index contributed by atoms with van der Waals surface area (Å²) in [6, 6.07) is 4.57. The Morgan fingerprint density at radius 1 is 1.29 bits per heavy atom. The van der Waals surface area contributed by atoms with Gasteiger partial charge >= 0.3 is 0 Å². The molecule has 6 nitrogen and oxygen atoms in total. The fourth-order valence-electron chi connectivity index (χ4n) is 4.32. The molecule has 2 aliphatic heterocycles. The Bertz CT molecular complexity index is 861. The van der Waals surface area contributed by atoms with Crippen molar-refractivity contribution < 1.29 is 18.7 Å². The normalized spacial score (nSPS) is 20.5. The molecule has 2 aromatic rings. The highest BCUT2D eigenvalue weighted by molar-refractivity contribution is 5.94. The lowest BCUT2D eigenvalue weighted by molar-refractivity contribution is 0.0783. The highest BCUT2D eigenvalue weighted by atomic mass is 19.1. The summed E-state index contributed by atoms with van der Waals surface area (Å²) in [5.74, 6) is 0.996. The minimum absolute atomic E-state index is 0.144. The van der Waals surface area contributed by atoms with Crippen molar-refractivity contribution in [2.45, 2.75) is 38.1 Å². The lowest BCUT2D eigenvalue weighted by Crippen LogP contribution is -2.30. The summed E-state index contributed by atoms with van der Waals surface area (Å²) in [5, 5.41) is 0. The molecule has 1 aromatic heterocycles. The Balaban J connectivity index is 1.51. The highest BCUT2D eigenvalue weighted by Crippen LogP contribution is 2.32. The maximum Gasteiger partial charge on any atom is 0.254 e. The number of aromatic nitrogens is 2. The minimum atomic E-state index is -0.517. The number of benzene rings is 1. The topological polar surface area (TPSA) is 56.6 Å². The van der Waals surface area contributed by atoms with Crippen LogP contribution >= 0.6 is 0 Å². The first-order valence-electron chi connectivity index (χ1n) is 9.82. The van der Waals surface area contributed by atoms with E-state index in [1.54, 1.807) is 11.0 Å². The van der Waals surface area contributed by atoms with Crippen molar-refractivity contribution in [1.29, 1.82) is 0 Å². The fraction of sp³-hybridized carbons (Fsp3) is 0.524. The molecule has 0 N–H and O–H groups in total. The van der Waals surface area contributed by atoms with Gasteiger partial charge in [-0.2, -0.15) is 0 Å². The van der Waals surface area contributed by atoms with Gasteiger partial charge in [0.1, 0.15) is 5.82 Å². The molecular formula is C21H26FN3O3. The number of carbonyl (C=O) groups excluding carboxylic acids is 1. The van der Waals surface area contributed by atoms with E-state index in [1.807, 2.05) is 6.20 Å². The maximum atomic E-state index is 14.0. The SMILES string of the molecule is COc1ccc(C(=O)N2CCC(n3c(C)cnc3C3CCOCC3)C2)cc1F. The molecule has 1 amide bonds.